The van der Waals surface area contributed by atoms with E-state index in [4.69, 9.17) is 16.3 Å². The molecule has 0 aromatic heterocycles. The molecule has 0 saturated carbocycles. The molecule has 0 heterocycles. The van der Waals surface area contributed by atoms with Crippen molar-refractivity contribution in [2.24, 2.45) is 0 Å². The van der Waals surface area contributed by atoms with Crippen molar-refractivity contribution in [2.75, 3.05) is 0 Å². The van der Waals surface area contributed by atoms with E-state index in [1.807, 2.05) is 0 Å². The van der Waals surface area contributed by atoms with Crippen LogP contribution in [0.3, 0.4) is 0 Å². The maximum absolute atomic E-state index is 8.47. The maximum atomic E-state index is 8.47. The first kappa shape index (κ1) is 9.38. The van der Waals surface area contributed by atoms with Crippen molar-refractivity contribution in [2.45, 2.75) is 0 Å². The molecule has 0 aliphatic heterocycles. The summed E-state index contributed by atoms with van der Waals surface area (Å²) in [5.74, 6) is 0. The monoisotopic (exact) mass is 143 g/mol. The zero-order valence-corrected chi connectivity index (χ0v) is 4.98. The number of hydrogen-bond donors (Lipinski definition) is 0. The molecule has 0 aliphatic carbocycles. The summed E-state index contributed by atoms with van der Waals surface area (Å²) in [7, 11) is -1.42. The summed E-state index contributed by atoms with van der Waals surface area (Å²) in [5.41, 5.74) is 0. The molecule has 6 heavy (non-hydrogen) atoms. The van der Waals surface area contributed by atoms with E-state index in [1.165, 1.54) is 0 Å². The normalized spacial score (nSPS) is 2.67. The third kappa shape index (κ3) is 21400000. The summed E-state index contributed by atoms with van der Waals surface area (Å²) >= 11 is -1.81. The average molecular weight is 143 g/mol. The summed E-state index contributed by atoms with van der Waals surface area (Å²) in [6, 6.07) is 0. The third-order valence-electron chi connectivity index (χ3n) is 0. The van der Waals surface area contributed by atoms with E-state index in [9.17, 15) is 0 Å². The quantitative estimate of drug-likeness (QED) is 0.414. The van der Waals surface area contributed by atoms with Crippen molar-refractivity contribution in [1.82, 2.24) is 0 Å². The molecule has 0 fully saturated rings. The first-order valence-corrected chi connectivity index (χ1v) is 2.73. The third-order valence-corrected chi connectivity index (χ3v) is 0. The Kier molecular flexibility index (Phi) is 31.2. The molecule has 0 aliphatic rings. The van der Waals surface area contributed by atoms with Gasteiger partial charge in [0.15, 0.2) is 0 Å². The Bertz CT molecular complexity index is 61.5. The molecule has 0 aromatic rings. The van der Waals surface area contributed by atoms with Gasteiger partial charge in [0.2, 0.25) is 0 Å². The van der Waals surface area contributed by atoms with Gasteiger partial charge < -0.3 is 0 Å². The van der Waals surface area contributed by atoms with Crippen LogP contribution in [0.2, 0.25) is 0 Å². The molecule has 0 saturated heterocycles. The molecular formula is O4SiV. The van der Waals surface area contributed by atoms with Crippen molar-refractivity contribution < 1.29 is 32.5 Å². The minimum atomic E-state index is -1.81. The zero-order chi connectivity index (χ0) is 5.41. The fourth-order valence-electron chi connectivity index (χ4n) is 0. The molecule has 0 rings (SSSR count). The Morgan fingerprint density at radius 2 is 1.17 bits per heavy atom. The molecule has 0 bridgehead atoms. The van der Waals surface area contributed by atoms with Crippen molar-refractivity contribution in [3.63, 3.8) is 0 Å². The fourth-order valence-corrected chi connectivity index (χ4v) is 0. The molecule has 0 unspecified atom stereocenters. The van der Waals surface area contributed by atoms with E-state index < -0.39 is 25.5 Å². The number of hydrogen-bond acceptors (Lipinski definition) is 4. The van der Waals surface area contributed by atoms with Gasteiger partial charge in [-0.1, -0.05) is 0 Å². The van der Waals surface area contributed by atoms with Crippen LogP contribution in [0.15, 0.2) is 0 Å². The van der Waals surface area contributed by atoms with Gasteiger partial charge in [0.05, 0.1) is 0 Å². The van der Waals surface area contributed by atoms with Gasteiger partial charge in [0.25, 0.3) is 0 Å². The summed E-state index contributed by atoms with van der Waals surface area (Å²) in [5, 5.41) is 0. The minimum absolute atomic E-state index is 1.42. The van der Waals surface area contributed by atoms with Gasteiger partial charge in [-0.3, -0.25) is 8.92 Å². The summed E-state index contributed by atoms with van der Waals surface area (Å²) in [6.07, 6.45) is 0. The zero-order valence-electron chi connectivity index (χ0n) is 2.58. The molecule has 6 heteroatoms. The summed E-state index contributed by atoms with van der Waals surface area (Å²) in [6.45, 7) is 0. The van der Waals surface area contributed by atoms with Crippen molar-refractivity contribution >= 4 is 9.29 Å². The van der Waals surface area contributed by atoms with E-state index in [0.717, 1.165) is 0 Å². The Labute approximate surface area is 42.4 Å². The van der Waals surface area contributed by atoms with Crippen LogP contribution < -0.4 is 0 Å². The van der Waals surface area contributed by atoms with Gasteiger partial charge in [0.1, 0.15) is 0 Å². The van der Waals surface area contributed by atoms with Crippen LogP contribution in [0.5, 0.6) is 0 Å². The Hall–Kier alpha value is 0.00130. The molecule has 4 nitrogen and oxygen atoms in total. The van der Waals surface area contributed by atoms with Gasteiger partial charge in [-0.15, -0.1) is 0 Å². The van der Waals surface area contributed by atoms with Gasteiger partial charge in [-0.2, -0.15) is 0 Å². The van der Waals surface area contributed by atoms with Gasteiger partial charge in [0, 0.05) is 0 Å². The molecule has 0 spiro atoms. The van der Waals surface area contributed by atoms with Gasteiger partial charge >= 0.3 is 32.8 Å². The standard InChI is InChI=1S/O2Si.2O.V/c1-3-2;;;. The van der Waals surface area contributed by atoms with Crippen LogP contribution >= 0.6 is 0 Å². The predicted molar refractivity (Wildman–Crippen MR) is 8.50 cm³/mol. The second-order valence-electron chi connectivity index (χ2n) is 0.158. The van der Waals surface area contributed by atoms with E-state index in [0.29, 0.717) is 0 Å². The van der Waals surface area contributed by atoms with E-state index >= 15 is 0 Å². The van der Waals surface area contributed by atoms with E-state index in [2.05, 4.69) is 0 Å². The molecule has 0 amide bonds. The van der Waals surface area contributed by atoms with Crippen LogP contribution in [0.4, 0.5) is 0 Å². The summed E-state index contributed by atoms with van der Waals surface area (Å²) < 4.78 is 33.7. The number of rotatable bonds is 0. The topological polar surface area (TPSA) is 68.3 Å². The van der Waals surface area contributed by atoms with Crippen molar-refractivity contribution in [3.8, 4) is 0 Å². The van der Waals surface area contributed by atoms with E-state index in [-0.39, 0.29) is 0 Å². The molecular weight excluding hydrogens is 143 g/mol. The second-order valence-corrected chi connectivity index (χ2v) is 0.557. The van der Waals surface area contributed by atoms with Crippen LogP contribution in [-0.4, -0.2) is 9.29 Å². The van der Waals surface area contributed by atoms with Crippen LogP contribution in [0.25, 0.3) is 0 Å². The SMILES string of the molecule is O=[Si]=O.[O]=[V]=[O]. The Morgan fingerprint density at radius 3 is 1.17 bits per heavy atom. The van der Waals surface area contributed by atoms with Crippen LogP contribution in [-0.2, 0) is 32.5 Å². The molecule has 0 atom stereocenters. The van der Waals surface area contributed by atoms with Crippen molar-refractivity contribution in [1.29, 1.82) is 0 Å². The Balaban J connectivity index is 0. The van der Waals surface area contributed by atoms with Gasteiger partial charge in [-0.05, 0) is 0 Å². The molecule has 33 valence electrons. The van der Waals surface area contributed by atoms with Crippen LogP contribution in [0, 0.1) is 0 Å². The van der Waals surface area contributed by atoms with E-state index in [1.54, 1.807) is 0 Å². The first-order chi connectivity index (χ1) is 2.83. The summed E-state index contributed by atoms with van der Waals surface area (Å²) in [4.78, 5) is 0. The van der Waals surface area contributed by atoms with Crippen molar-refractivity contribution in [3.05, 3.63) is 0 Å². The van der Waals surface area contributed by atoms with Crippen LogP contribution in [0.1, 0.15) is 0 Å². The van der Waals surface area contributed by atoms with Gasteiger partial charge in [-0.25, -0.2) is 0 Å². The first-order valence-electron chi connectivity index (χ1n) is 0.773. The molecule has 0 N–H and O–H groups in total. The predicted octanol–water partition coefficient (Wildman–Crippen LogP) is -0.859. The molecule has 0 radical (unpaired) electrons. The fraction of sp³-hybridized carbons (Fsp3) is 0. The Morgan fingerprint density at radius 1 is 1.17 bits per heavy atom. The molecule has 0 aromatic carbocycles. The average Bonchev–Trinajstić information content (AvgIpc) is 1.39. The second kappa shape index (κ2) is 20.0.